The molecule has 0 spiro atoms. The minimum atomic E-state index is -0.441. The molecule has 0 unspecified atom stereocenters. The van der Waals surface area contributed by atoms with E-state index in [1.54, 1.807) is 30.3 Å². The molecule has 0 heterocycles. The standard InChI is InChI=1S/C16H16ClN3O2/c1-11-13(17)8-5-9-14(11)20-15(21)10-18-16(22)19-12-6-3-2-4-7-12/h2-9H,10H2,1H3,(H,20,21)(H2,18,19,22). The third-order valence-electron chi connectivity index (χ3n) is 2.98. The number of benzene rings is 2. The van der Waals surface area contributed by atoms with Crippen molar-refractivity contribution in [3.05, 3.63) is 59.1 Å². The van der Waals surface area contributed by atoms with Crippen LogP contribution in [-0.4, -0.2) is 18.5 Å². The number of rotatable bonds is 4. The fourth-order valence-electron chi connectivity index (χ4n) is 1.79. The van der Waals surface area contributed by atoms with Crippen LogP contribution in [0.1, 0.15) is 5.56 Å². The first kappa shape index (κ1) is 15.9. The van der Waals surface area contributed by atoms with Crippen LogP contribution in [0, 0.1) is 6.92 Å². The van der Waals surface area contributed by atoms with E-state index in [1.807, 2.05) is 25.1 Å². The van der Waals surface area contributed by atoms with Crippen LogP contribution in [0.15, 0.2) is 48.5 Å². The van der Waals surface area contributed by atoms with Crippen molar-refractivity contribution in [2.24, 2.45) is 0 Å². The number of amides is 3. The number of carbonyl (C=O) groups is 2. The van der Waals surface area contributed by atoms with E-state index in [2.05, 4.69) is 16.0 Å². The molecule has 0 aromatic heterocycles. The number of carbonyl (C=O) groups excluding carboxylic acids is 2. The van der Waals surface area contributed by atoms with E-state index in [1.165, 1.54) is 0 Å². The Balaban J connectivity index is 1.83. The minimum absolute atomic E-state index is 0.134. The van der Waals surface area contributed by atoms with Crippen molar-refractivity contribution in [2.75, 3.05) is 17.2 Å². The van der Waals surface area contributed by atoms with E-state index >= 15 is 0 Å². The molecule has 0 saturated carbocycles. The van der Waals surface area contributed by atoms with Crippen molar-refractivity contribution in [3.8, 4) is 0 Å². The van der Waals surface area contributed by atoms with Crippen LogP contribution < -0.4 is 16.0 Å². The van der Waals surface area contributed by atoms with Crippen molar-refractivity contribution in [1.82, 2.24) is 5.32 Å². The van der Waals surface area contributed by atoms with Crippen LogP contribution in [0.4, 0.5) is 16.2 Å². The number of halogens is 1. The molecule has 6 heteroatoms. The third kappa shape index (κ3) is 4.49. The van der Waals surface area contributed by atoms with Gasteiger partial charge in [-0.2, -0.15) is 0 Å². The first-order chi connectivity index (χ1) is 10.6. The normalized spacial score (nSPS) is 9.91. The van der Waals surface area contributed by atoms with E-state index in [0.717, 1.165) is 5.56 Å². The maximum absolute atomic E-state index is 11.8. The zero-order valence-corrected chi connectivity index (χ0v) is 12.8. The van der Waals surface area contributed by atoms with Crippen LogP contribution in [0.25, 0.3) is 0 Å². The molecule has 3 amide bonds. The van der Waals surface area contributed by atoms with Gasteiger partial charge in [0.2, 0.25) is 5.91 Å². The Morgan fingerprint density at radius 2 is 1.73 bits per heavy atom. The Labute approximate surface area is 133 Å². The van der Waals surface area contributed by atoms with Gasteiger partial charge in [-0.15, -0.1) is 0 Å². The largest absolute Gasteiger partial charge is 0.329 e. The van der Waals surface area contributed by atoms with Crippen molar-refractivity contribution in [3.63, 3.8) is 0 Å². The molecule has 2 aromatic rings. The number of urea groups is 1. The maximum atomic E-state index is 11.8. The highest BCUT2D eigenvalue weighted by atomic mass is 35.5. The molecule has 0 aliphatic heterocycles. The Kier molecular flexibility index (Phi) is 5.38. The number of anilines is 2. The van der Waals surface area contributed by atoms with Crippen LogP contribution >= 0.6 is 11.6 Å². The maximum Gasteiger partial charge on any atom is 0.319 e. The highest BCUT2D eigenvalue weighted by Gasteiger charge is 2.08. The lowest BCUT2D eigenvalue weighted by Gasteiger charge is -2.10. The quantitative estimate of drug-likeness (QED) is 0.808. The molecule has 0 atom stereocenters. The summed E-state index contributed by atoms with van der Waals surface area (Å²) >= 11 is 5.98. The molecule has 0 saturated heterocycles. The van der Waals surface area contributed by atoms with Gasteiger partial charge >= 0.3 is 6.03 Å². The van der Waals surface area contributed by atoms with Crippen LogP contribution in [0.2, 0.25) is 5.02 Å². The molecule has 0 fully saturated rings. The molecule has 0 aliphatic rings. The van der Waals surface area contributed by atoms with Crippen LogP contribution in [-0.2, 0) is 4.79 Å². The van der Waals surface area contributed by atoms with Crippen molar-refractivity contribution in [1.29, 1.82) is 0 Å². The van der Waals surface area contributed by atoms with E-state index in [9.17, 15) is 9.59 Å². The second kappa shape index (κ2) is 7.47. The van der Waals surface area contributed by atoms with Crippen LogP contribution in [0.3, 0.4) is 0 Å². The van der Waals surface area contributed by atoms with Gasteiger partial charge < -0.3 is 16.0 Å². The van der Waals surface area contributed by atoms with Crippen molar-refractivity contribution in [2.45, 2.75) is 6.92 Å². The summed E-state index contributed by atoms with van der Waals surface area (Å²) in [6, 6.07) is 13.8. The Morgan fingerprint density at radius 3 is 2.45 bits per heavy atom. The highest BCUT2D eigenvalue weighted by molar-refractivity contribution is 6.31. The van der Waals surface area contributed by atoms with E-state index in [4.69, 9.17) is 11.6 Å². The van der Waals surface area contributed by atoms with E-state index in [-0.39, 0.29) is 12.5 Å². The van der Waals surface area contributed by atoms with Gasteiger partial charge in [0.15, 0.2) is 0 Å². The second-order valence-electron chi connectivity index (χ2n) is 4.63. The highest BCUT2D eigenvalue weighted by Crippen LogP contribution is 2.22. The fraction of sp³-hybridized carbons (Fsp3) is 0.125. The predicted octanol–water partition coefficient (Wildman–Crippen LogP) is 3.41. The summed E-state index contributed by atoms with van der Waals surface area (Å²) in [4.78, 5) is 23.5. The van der Waals surface area contributed by atoms with E-state index in [0.29, 0.717) is 16.4 Å². The molecule has 114 valence electrons. The number of para-hydroxylation sites is 1. The van der Waals surface area contributed by atoms with Gasteiger partial charge in [0.05, 0.1) is 6.54 Å². The lowest BCUT2D eigenvalue weighted by molar-refractivity contribution is -0.115. The molecule has 0 aliphatic carbocycles. The molecule has 22 heavy (non-hydrogen) atoms. The summed E-state index contributed by atoms with van der Waals surface area (Å²) in [6.07, 6.45) is 0. The molecule has 2 rings (SSSR count). The smallest absolute Gasteiger partial charge is 0.319 e. The van der Waals surface area contributed by atoms with E-state index < -0.39 is 6.03 Å². The predicted molar refractivity (Wildman–Crippen MR) is 88.3 cm³/mol. The fourth-order valence-corrected chi connectivity index (χ4v) is 1.97. The monoisotopic (exact) mass is 317 g/mol. The first-order valence-corrected chi connectivity index (χ1v) is 7.09. The minimum Gasteiger partial charge on any atom is -0.329 e. The molecule has 3 N–H and O–H groups in total. The summed E-state index contributed by atoms with van der Waals surface area (Å²) in [5, 5.41) is 8.40. The lowest BCUT2D eigenvalue weighted by Crippen LogP contribution is -2.35. The Bertz CT molecular complexity index is 674. The number of nitrogens with one attached hydrogen (secondary N) is 3. The van der Waals surface area contributed by atoms with Gasteiger partial charge in [0, 0.05) is 16.4 Å². The summed E-state index contributed by atoms with van der Waals surface area (Å²) in [5.41, 5.74) is 2.07. The van der Waals surface area contributed by atoms with Crippen LogP contribution in [0.5, 0.6) is 0 Å². The molecule has 0 bridgehead atoms. The zero-order chi connectivity index (χ0) is 15.9. The van der Waals surface area contributed by atoms with Gasteiger partial charge in [-0.05, 0) is 36.8 Å². The number of hydrogen-bond acceptors (Lipinski definition) is 2. The average molecular weight is 318 g/mol. The molecule has 2 aromatic carbocycles. The first-order valence-electron chi connectivity index (χ1n) is 6.71. The second-order valence-corrected chi connectivity index (χ2v) is 5.04. The Hall–Kier alpha value is -2.53. The zero-order valence-electron chi connectivity index (χ0n) is 12.0. The van der Waals surface area contributed by atoms with Gasteiger partial charge in [-0.1, -0.05) is 35.9 Å². The van der Waals surface area contributed by atoms with Gasteiger partial charge in [0.1, 0.15) is 0 Å². The summed E-state index contributed by atoms with van der Waals surface area (Å²) in [5.74, 6) is -0.325. The van der Waals surface area contributed by atoms with Gasteiger partial charge in [-0.3, -0.25) is 4.79 Å². The van der Waals surface area contributed by atoms with Crippen molar-refractivity contribution >= 4 is 34.9 Å². The van der Waals surface area contributed by atoms with Gasteiger partial charge in [-0.25, -0.2) is 4.79 Å². The summed E-state index contributed by atoms with van der Waals surface area (Å²) in [6.45, 7) is 1.68. The number of hydrogen-bond donors (Lipinski definition) is 3. The summed E-state index contributed by atoms with van der Waals surface area (Å²) in [7, 11) is 0. The SMILES string of the molecule is Cc1c(Cl)cccc1NC(=O)CNC(=O)Nc1ccccc1. The lowest BCUT2D eigenvalue weighted by atomic mass is 10.2. The topological polar surface area (TPSA) is 70.2 Å². The molecular formula is C16H16ClN3O2. The molecule has 5 nitrogen and oxygen atoms in total. The third-order valence-corrected chi connectivity index (χ3v) is 3.39. The molecular weight excluding hydrogens is 302 g/mol. The van der Waals surface area contributed by atoms with Crippen molar-refractivity contribution < 1.29 is 9.59 Å². The Morgan fingerprint density at radius 1 is 1.00 bits per heavy atom. The molecule has 0 radical (unpaired) electrons. The summed E-state index contributed by atoms with van der Waals surface area (Å²) < 4.78 is 0. The van der Waals surface area contributed by atoms with Gasteiger partial charge in [0.25, 0.3) is 0 Å². The average Bonchev–Trinajstić information content (AvgIpc) is 2.51.